The van der Waals surface area contributed by atoms with Crippen LogP contribution in [-0.4, -0.2) is 6.61 Å². The number of hydrogen-bond donors (Lipinski definition) is 0. The first-order valence-corrected chi connectivity index (χ1v) is 8.06. The highest BCUT2D eigenvalue weighted by molar-refractivity contribution is 9.10. The van der Waals surface area contributed by atoms with Gasteiger partial charge in [0.25, 0.3) is 0 Å². The molecule has 0 spiro atoms. The maximum absolute atomic E-state index is 5.81. The van der Waals surface area contributed by atoms with Crippen LogP contribution in [0.4, 0.5) is 0 Å². The van der Waals surface area contributed by atoms with Crippen LogP contribution in [0, 0.1) is 5.92 Å². The summed E-state index contributed by atoms with van der Waals surface area (Å²) in [6, 6.07) is 4.42. The maximum Gasteiger partial charge on any atom is 0.127 e. The van der Waals surface area contributed by atoms with Gasteiger partial charge in [-0.15, -0.1) is 0 Å². The van der Waals surface area contributed by atoms with Crippen molar-refractivity contribution in [3.8, 4) is 5.75 Å². The molecule has 1 unspecified atom stereocenters. The van der Waals surface area contributed by atoms with E-state index in [1.54, 1.807) is 0 Å². The third-order valence-electron chi connectivity index (χ3n) is 3.89. The average molecular weight is 360 g/mol. The van der Waals surface area contributed by atoms with Crippen LogP contribution in [0.25, 0.3) is 0 Å². The van der Waals surface area contributed by atoms with Crippen LogP contribution < -0.4 is 4.74 Å². The predicted molar refractivity (Wildman–Crippen MR) is 77.0 cm³/mol. The van der Waals surface area contributed by atoms with Crippen molar-refractivity contribution < 1.29 is 4.74 Å². The first kappa shape index (κ1) is 12.0. The molecule has 0 bridgehead atoms. The van der Waals surface area contributed by atoms with Crippen molar-refractivity contribution in [1.82, 2.24) is 0 Å². The molecular weight excluding hydrogens is 344 g/mol. The van der Waals surface area contributed by atoms with Gasteiger partial charge in [0.15, 0.2) is 0 Å². The number of halogens is 2. The van der Waals surface area contributed by atoms with Crippen molar-refractivity contribution in [2.45, 2.75) is 36.9 Å². The van der Waals surface area contributed by atoms with Crippen LogP contribution >= 0.6 is 31.9 Å². The zero-order chi connectivity index (χ0) is 11.8. The Labute approximate surface area is 119 Å². The summed E-state index contributed by atoms with van der Waals surface area (Å²) in [5.74, 6) is 1.92. The van der Waals surface area contributed by atoms with E-state index in [9.17, 15) is 0 Å². The third-order valence-corrected chi connectivity index (χ3v) is 5.59. The Kier molecular flexibility index (Phi) is 3.49. The molecule has 0 amide bonds. The highest BCUT2D eigenvalue weighted by atomic mass is 79.9. The van der Waals surface area contributed by atoms with E-state index in [0.29, 0.717) is 4.83 Å². The molecule has 1 aliphatic carbocycles. The monoisotopic (exact) mass is 358 g/mol. The number of benzene rings is 1. The summed E-state index contributed by atoms with van der Waals surface area (Å²) in [6.07, 6.45) is 6.49. The summed E-state index contributed by atoms with van der Waals surface area (Å²) in [5.41, 5.74) is 2.70. The lowest BCUT2D eigenvalue weighted by Crippen LogP contribution is -2.04. The van der Waals surface area contributed by atoms with Crippen LogP contribution in [0.15, 0.2) is 16.6 Å². The molecule has 1 heterocycles. The van der Waals surface area contributed by atoms with Gasteiger partial charge in [-0.3, -0.25) is 0 Å². The van der Waals surface area contributed by atoms with Crippen molar-refractivity contribution in [2.24, 2.45) is 5.92 Å². The Balaban J connectivity index is 1.96. The third kappa shape index (κ3) is 2.28. The van der Waals surface area contributed by atoms with Crippen LogP contribution in [0.5, 0.6) is 5.75 Å². The molecule has 0 N–H and O–H groups in total. The second-order valence-corrected chi connectivity index (χ2v) is 6.93. The average Bonchev–Trinajstić information content (AvgIpc) is 2.97. The molecule has 1 aromatic rings. The summed E-state index contributed by atoms with van der Waals surface area (Å²) in [6.45, 7) is 0.836. The van der Waals surface area contributed by atoms with Gasteiger partial charge >= 0.3 is 0 Å². The summed E-state index contributed by atoms with van der Waals surface area (Å²) >= 11 is 7.52. The van der Waals surface area contributed by atoms with Crippen molar-refractivity contribution in [1.29, 1.82) is 0 Å². The summed E-state index contributed by atoms with van der Waals surface area (Å²) in [4.78, 5) is 0.453. The minimum atomic E-state index is 0.453. The normalized spacial score (nSPS) is 21.3. The Morgan fingerprint density at radius 2 is 2.00 bits per heavy atom. The predicted octanol–water partition coefficient (Wildman–Crippen LogP) is 5.01. The standard InChI is InChI=1S/C14H16Br2O/c15-11-7-10-5-6-17-14(10)12(8-11)13(16)9-3-1-2-4-9/h7-9,13H,1-6H2. The Bertz CT molecular complexity index is 424. The lowest BCUT2D eigenvalue weighted by Gasteiger charge is -2.20. The summed E-state index contributed by atoms with van der Waals surface area (Å²) < 4.78 is 6.99. The van der Waals surface area contributed by atoms with Gasteiger partial charge in [0.2, 0.25) is 0 Å². The van der Waals surface area contributed by atoms with Gasteiger partial charge in [-0.2, -0.15) is 0 Å². The molecule has 1 saturated carbocycles. The zero-order valence-corrected chi connectivity index (χ0v) is 12.9. The fourth-order valence-electron chi connectivity index (χ4n) is 3.01. The molecule has 17 heavy (non-hydrogen) atoms. The van der Waals surface area contributed by atoms with Crippen LogP contribution in [0.2, 0.25) is 0 Å². The van der Waals surface area contributed by atoms with E-state index in [2.05, 4.69) is 44.0 Å². The second-order valence-electron chi connectivity index (χ2n) is 5.03. The number of alkyl halides is 1. The highest BCUT2D eigenvalue weighted by Gasteiger charge is 2.29. The number of fused-ring (bicyclic) bond motifs is 1. The molecule has 0 saturated heterocycles. The van der Waals surface area contributed by atoms with Gasteiger partial charge in [-0.05, 0) is 36.5 Å². The van der Waals surface area contributed by atoms with E-state index >= 15 is 0 Å². The summed E-state index contributed by atoms with van der Waals surface area (Å²) in [7, 11) is 0. The van der Waals surface area contributed by atoms with Gasteiger partial charge < -0.3 is 4.74 Å². The fourth-order valence-corrected chi connectivity index (χ4v) is 4.40. The van der Waals surface area contributed by atoms with Crippen molar-refractivity contribution >= 4 is 31.9 Å². The van der Waals surface area contributed by atoms with Gasteiger partial charge in [-0.25, -0.2) is 0 Å². The van der Waals surface area contributed by atoms with Gasteiger partial charge in [-0.1, -0.05) is 44.7 Å². The molecule has 1 fully saturated rings. The number of ether oxygens (including phenoxy) is 1. The van der Waals surface area contributed by atoms with E-state index in [0.717, 1.165) is 24.7 Å². The van der Waals surface area contributed by atoms with E-state index in [-0.39, 0.29) is 0 Å². The van der Waals surface area contributed by atoms with E-state index < -0.39 is 0 Å². The minimum absolute atomic E-state index is 0.453. The molecule has 3 heteroatoms. The van der Waals surface area contributed by atoms with E-state index in [1.165, 1.54) is 41.3 Å². The molecule has 2 aliphatic rings. The van der Waals surface area contributed by atoms with E-state index in [4.69, 9.17) is 4.74 Å². The maximum atomic E-state index is 5.81. The fraction of sp³-hybridized carbons (Fsp3) is 0.571. The largest absolute Gasteiger partial charge is 0.493 e. The van der Waals surface area contributed by atoms with Crippen molar-refractivity contribution in [3.05, 3.63) is 27.7 Å². The number of rotatable bonds is 2. The first-order valence-electron chi connectivity index (χ1n) is 6.35. The molecule has 0 radical (unpaired) electrons. The smallest absolute Gasteiger partial charge is 0.127 e. The molecule has 1 aromatic carbocycles. The topological polar surface area (TPSA) is 9.23 Å². The molecule has 1 nitrogen and oxygen atoms in total. The molecule has 1 aliphatic heterocycles. The SMILES string of the molecule is Brc1cc2c(c(C(Br)C3CCCC3)c1)OCC2. The lowest BCUT2D eigenvalue weighted by molar-refractivity contribution is 0.350. The first-order chi connectivity index (χ1) is 8.25. The molecule has 0 aromatic heterocycles. The molecule has 3 rings (SSSR count). The summed E-state index contributed by atoms with van der Waals surface area (Å²) in [5, 5.41) is 0. The van der Waals surface area contributed by atoms with Gasteiger partial charge in [0.05, 0.1) is 6.61 Å². The Morgan fingerprint density at radius 3 is 2.76 bits per heavy atom. The van der Waals surface area contributed by atoms with Crippen LogP contribution in [-0.2, 0) is 6.42 Å². The molecule has 1 atom stereocenters. The van der Waals surface area contributed by atoms with Gasteiger partial charge in [0.1, 0.15) is 5.75 Å². The van der Waals surface area contributed by atoms with Gasteiger partial charge in [0, 0.05) is 21.3 Å². The highest BCUT2D eigenvalue weighted by Crippen LogP contribution is 2.47. The number of hydrogen-bond acceptors (Lipinski definition) is 1. The van der Waals surface area contributed by atoms with Crippen LogP contribution in [0.1, 0.15) is 41.6 Å². The Morgan fingerprint density at radius 1 is 1.24 bits per heavy atom. The Hall–Kier alpha value is -0.0200. The van der Waals surface area contributed by atoms with Crippen molar-refractivity contribution in [2.75, 3.05) is 6.61 Å². The second kappa shape index (κ2) is 4.93. The van der Waals surface area contributed by atoms with Crippen molar-refractivity contribution in [3.63, 3.8) is 0 Å². The molecule has 92 valence electrons. The van der Waals surface area contributed by atoms with E-state index in [1.807, 2.05) is 0 Å². The quantitative estimate of drug-likeness (QED) is 0.674. The lowest BCUT2D eigenvalue weighted by atomic mass is 9.95. The zero-order valence-electron chi connectivity index (χ0n) is 9.72. The van der Waals surface area contributed by atoms with Crippen LogP contribution in [0.3, 0.4) is 0 Å². The minimum Gasteiger partial charge on any atom is -0.493 e. The molecular formula is C14H16Br2O.